The summed E-state index contributed by atoms with van der Waals surface area (Å²) in [5, 5.41) is 3.32. The maximum absolute atomic E-state index is 15.0. The molecule has 0 bridgehead atoms. The molecule has 136 valence electrons. The van der Waals surface area contributed by atoms with Gasteiger partial charge >= 0.3 is 5.97 Å². The maximum Gasteiger partial charge on any atom is 0.309 e. The lowest BCUT2D eigenvalue weighted by Crippen LogP contribution is -2.27. The first-order valence-corrected chi connectivity index (χ1v) is 8.97. The van der Waals surface area contributed by atoms with Crippen LogP contribution in [0.4, 0.5) is 10.2 Å². The number of aryl methyl sites for hydroxylation is 2. The van der Waals surface area contributed by atoms with Crippen LogP contribution in [0.25, 0.3) is 0 Å². The van der Waals surface area contributed by atoms with E-state index in [0.29, 0.717) is 32.4 Å². The number of ether oxygens (including phenoxy) is 1. The van der Waals surface area contributed by atoms with Gasteiger partial charge in [0, 0.05) is 25.2 Å². The Hall–Kier alpha value is -2.11. The Morgan fingerprint density at radius 3 is 3.24 bits per heavy atom. The van der Waals surface area contributed by atoms with E-state index in [2.05, 4.69) is 21.1 Å². The van der Waals surface area contributed by atoms with Crippen molar-refractivity contribution in [1.29, 1.82) is 0 Å². The second kappa shape index (κ2) is 7.85. The van der Waals surface area contributed by atoms with E-state index >= 15 is 4.39 Å². The molecule has 3 heterocycles. The van der Waals surface area contributed by atoms with E-state index in [-0.39, 0.29) is 12.4 Å². The van der Waals surface area contributed by atoms with Crippen molar-refractivity contribution in [2.24, 2.45) is 0 Å². The molecule has 1 aromatic rings. The molecule has 1 aromatic heterocycles. The molecule has 0 aliphatic carbocycles. The van der Waals surface area contributed by atoms with Crippen molar-refractivity contribution >= 4 is 11.8 Å². The number of nitrogens with zero attached hydrogens (tertiary/aromatic N) is 2. The van der Waals surface area contributed by atoms with Crippen LogP contribution in [0.5, 0.6) is 0 Å². The summed E-state index contributed by atoms with van der Waals surface area (Å²) in [5.74, 6) is 0.685. The van der Waals surface area contributed by atoms with Crippen molar-refractivity contribution in [3.05, 3.63) is 35.7 Å². The number of pyridine rings is 1. The number of carbonyl (C=O) groups excluding carboxylic acids is 1. The number of anilines is 1. The van der Waals surface area contributed by atoms with Gasteiger partial charge in [-0.05, 0) is 43.5 Å². The van der Waals surface area contributed by atoms with E-state index in [0.717, 1.165) is 30.9 Å². The van der Waals surface area contributed by atoms with E-state index in [1.165, 1.54) is 12.7 Å². The van der Waals surface area contributed by atoms with E-state index in [1.54, 1.807) is 12.3 Å². The fourth-order valence-corrected chi connectivity index (χ4v) is 3.44. The van der Waals surface area contributed by atoms with E-state index < -0.39 is 5.67 Å². The highest BCUT2D eigenvalue weighted by molar-refractivity contribution is 5.70. The van der Waals surface area contributed by atoms with Crippen molar-refractivity contribution in [2.45, 2.75) is 44.2 Å². The van der Waals surface area contributed by atoms with Crippen LogP contribution in [-0.4, -0.2) is 48.3 Å². The molecule has 6 heteroatoms. The number of alkyl halides is 1. The maximum atomic E-state index is 15.0. The Labute approximate surface area is 148 Å². The van der Waals surface area contributed by atoms with Gasteiger partial charge < -0.3 is 15.0 Å². The lowest BCUT2D eigenvalue weighted by atomic mass is 9.97. The number of nitrogens with one attached hydrogen (secondary N) is 1. The number of aromatic nitrogens is 1. The number of esters is 1. The molecule has 3 rings (SSSR count). The number of hydrogen-bond acceptors (Lipinski definition) is 5. The molecule has 0 unspecified atom stereocenters. The SMILES string of the molecule is COC(=O)C/C=C/N1CC[C@@](F)(CCc2ccc3c(n2)NCCC3)C1. The minimum absolute atomic E-state index is 0.221. The molecule has 5 nitrogen and oxygen atoms in total. The summed E-state index contributed by atoms with van der Waals surface area (Å²) >= 11 is 0. The molecular formula is C19H26FN3O2. The monoisotopic (exact) mass is 347 g/mol. The third-order valence-electron chi connectivity index (χ3n) is 4.94. The molecule has 25 heavy (non-hydrogen) atoms. The van der Waals surface area contributed by atoms with Crippen molar-refractivity contribution in [3.8, 4) is 0 Å². The van der Waals surface area contributed by atoms with Gasteiger partial charge in [-0.3, -0.25) is 4.79 Å². The van der Waals surface area contributed by atoms with Crippen LogP contribution in [0.1, 0.15) is 36.9 Å². The number of likely N-dealkylation sites (tertiary alicyclic amines) is 1. The Balaban J connectivity index is 1.50. The van der Waals surface area contributed by atoms with Crippen LogP contribution < -0.4 is 5.32 Å². The summed E-state index contributed by atoms with van der Waals surface area (Å²) in [4.78, 5) is 17.7. The Morgan fingerprint density at radius 2 is 2.40 bits per heavy atom. The number of carbonyl (C=O) groups is 1. The first-order valence-electron chi connectivity index (χ1n) is 8.97. The zero-order valence-electron chi connectivity index (χ0n) is 14.8. The molecule has 1 saturated heterocycles. The van der Waals surface area contributed by atoms with Crippen LogP contribution in [0.3, 0.4) is 0 Å². The van der Waals surface area contributed by atoms with E-state index in [9.17, 15) is 4.79 Å². The lowest BCUT2D eigenvalue weighted by Gasteiger charge is -2.21. The number of fused-ring (bicyclic) bond motifs is 1. The van der Waals surface area contributed by atoms with Crippen LogP contribution in [-0.2, 0) is 22.4 Å². The molecular weight excluding hydrogens is 321 g/mol. The zero-order valence-corrected chi connectivity index (χ0v) is 14.8. The standard InChI is InChI=1S/C19H26FN3O2/c1-25-17(24)5-3-12-23-13-10-19(20,14-23)9-8-16-7-6-15-4-2-11-21-18(15)22-16/h3,6-7,12H,2,4-5,8-11,13-14H2,1H3,(H,21,22)/b12-3+/t19-/m0/s1. The zero-order chi connectivity index (χ0) is 17.7. The molecule has 0 amide bonds. The van der Waals surface area contributed by atoms with Gasteiger partial charge in [0.15, 0.2) is 0 Å². The summed E-state index contributed by atoms with van der Waals surface area (Å²) in [5.41, 5.74) is 1.01. The minimum atomic E-state index is -1.19. The number of hydrogen-bond donors (Lipinski definition) is 1. The normalized spacial score (nSPS) is 22.7. The highest BCUT2D eigenvalue weighted by Gasteiger charge is 2.36. The molecule has 0 spiro atoms. The Bertz CT molecular complexity index is 650. The number of methoxy groups -OCH3 is 1. The average Bonchev–Trinajstić information content (AvgIpc) is 3.01. The van der Waals surface area contributed by atoms with Gasteiger partial charge in [-0.1, -0.05) is 12.1 Å². The quantitative estimate of drug-likeness (QED) is 0.802. The van der Waals surface area contributed by atoms with Crippen molar-refractivity contribution in [2.75, 3.05) is 32.1 Å². The summed E-state index contributed by atoms with van der Waals surface area (Å²) in [6.07, 6.45) is 7.59. The van der Waals surface area contributed by atoms with Gasteiger partial charge in [-0.2, -0.15) is 0 Å². The second-order valence-corrected chi connectivity index (χ2v) is 6.88. The molecule has 0 aromatic carbocycles. The topological polar surface area (TPSA) is 54.5 Å². The van der Waals surface area contributed by atoms with Gasteiger partial charge in [0.25, 0.3) is 0 Å². The summed E-state index contributed by atoms with van der Waals surface area (Å²) in [6, 6.07) is 4.14. The van der Waals surface area contributed by atoms with Crippen LogP contribution >= 0.6 is 0 Å². The van der Waals surface area contributed by atoms with E-state index in [1.807, 2.05) is 11.0 Å². The van der Waals surface area contributed by atoms with Gasteiger partial charge in [-0.25, -0.2) is 9.37 Å². The molecule has 1 fully saturated rings. The van der Waals surface area contributed by atoms with E-state index in [4.69, 9.17) is 0 Å². The Kier molecular flexibility index (Phi) is 5.56. The molecule has 2 aliphatic heterocycles. The van der Waals surface area contributed by atoms with Crippen molar-refractivity contribution in [3.63, 3.8) is 0 Å². The smallest absolute Gasteiger partial charge is 0.309 e. The fraction of sp³-hybridized carbons (Fsp3) is 0.579. The summed E-state index contributed by atoms with van der Waals surface area (Å²) < 4.78 is 19.6. The summed E-state index contributed by atoms with van der Waals surface area (Å²) in [7, 11) is 1.36. The van der Waals surface area contributed by atoms with Gasteiger partial charge in [-0.15, -0.1) is 0 Å². The highest BCUT2D eigenvalue weighted by Crippen LogP contribution is 2.31. The Morgan fingerprint density at radius 1 is 1.52 bits per heavy atom. The minimum Gasteiger partial charge on any atom is -0.469 e. The molecule has 2 aliphatic rings. The predicted molar refractivity (Wildman–Crippen MR) is 95.2 cm³/mol. The third-order valence-corrected chi connectivity index (χ3v) is 4.94. The number of rotatable bonds is 6. The molecule has 1 atom stereocenters. The average molecular weight is 347 g/mol. The van der Waals surface area contributed by atoms with Crippen molar-refractivity contribution in [1.82, 2.24) is 9.88 Å². The largest absolute Gasteiger partial charge is 0.469 e. The van der Waals surface area contributed by atoms with Crippen LogP contribution in [0.2, 0.25) is 0 Å². The fourth-order valence-electron chi connectivity index (χ4n) is 3.44. The van der Waals surface area contributed by atoms with Crippen molar-refractivity contribution < 1.29 is 13.9 Å². The predicted octanol–water partition coefficient (Wildman–Crippen LogP) is 2.86. The van der Waals surface area contributed by atoms with Gasteiger partial charge in [0.1, 0.15) is 11.5 Å². The van der Waals surface area contributed by atoms with Gasteiger partial charge in [0.05, 0.1) is 20.1 Å². The summed E-state index contributed by atoms with van der Waals surface area (Å²) in [6.45, 7) is 2.00. The van der Waals surface area contributed by atoms with Crippen LogP contribution in [0, 0.1) is 0 Å². The third kappa shape index (κ3) is 4.71. The molecule has 1 N–H and O–H groups in total. The van der Waals surface area contributed by atoms with Gasteiger partial charge in [0.2, 0.25) is 0 Å². The lowest BCUT2D eigenvalue weighted by molar-refractivity contribution is -0.139. The number of halogens is 1. The molecule has 0 radical (unpaired) electrons. The second-order valence-electron chi connectivity index (χ2n) is 6.88. The molecule has 0 saturated carbocycles. The highest BCUT2D eigenvalue weighted by atomic mass is 19.1. The first-order chi connectivity index (χ1) is 12.1. The van der Waals surface area contributed by atoms with Crippen LogP contribution in [0.15, 0.2) is 24.4 Å². The first kappa shape index (κ1) is 17.7.